The van der Waals surface area contributed by atoms with Gasteiger partial charge in [0.25, 0.3) is 5.78 Å². The maximum absolute atomic E-state index is 12.7. The predicted octanol–water partition coefficient (Wildman–Crippen LogP) is 0.488. The lowest BCUT2D eigenvalue weighted by Crippen LogP contribution is -2.15. The topological polar surface area (TPSA) is 67.3 Å². The van der Waals surface area contributed by atoms with Crippen LogP contribution in [0.2, 0.25) is 0 Å². The van der Waals surface area contributed by atoms with E-state index in [9.17, 15) is 14.0 Å². The average molecular weight is 169 g/mol. The Morgan fingerprint density at radius 2 is 2.17 bits per heavy atom. The van der Waals surface area contributed by atoms with E-state index < -0.39 is 23.3 Å². The first-order valence-corrected chi connectivity index (χ1v) is 3.01. The molecule has 0 saturated heterocycles. The lowest BCUT2D eigenvalue weighted by Gasteiger charge is -1.94. The van der Waals surface area contributed by atoms with Crippen molar-refractivity contribution in [2.45, 2.75) is 0 Å². The molecule has 1 rings (SSSR count). The lowest BCUT2D eigenvalue weighted by molar-refractivity contribution is -0.131. The average Bonchev–Trinajstić information content (AvgIpc) is 2.04. The van der Waals surface area contributed by atoms with Gasteiger partial charge < -0.3 is 5.11 Å². The summed E-state index contributed by atoms with van der Waals surface area (Å²) in [5.41, 5.74) is -0.662. The number of carboxylic acid groups (broad SMARTS) is 1. The van der Waals surface area contributed by atoms with Crippen molar-refractivity contribution in [3.8, 4) is 0 Å². The third kappa shape index (κ3) is 1.45. The van der Waals surface area contributed by atoms with E-state index in [0.29, 0.717) is 0 Å². The molecule has 0 aromatic carbocycles. The van der Waals surface area contributed by atoms with Crippen LogP contribution in [-0.2, 0) is 4.79 Å². The Morgan fingerprint density at radius 3 is 2.67 bits per heavy atom. The van der Waals surface area contributed by atoms with E-state index in [1.807, 2.05) is 0 Å². The van der Waals surface area contributed by atoms with Crippen molar-refractivity contribution in [1.82, 2.24) is 4.98 Å². The smallest absolute Gasteiger partial charge is 0.379 e. The second-order valence-corrected chi connectivity index (χ2v) is 1.97. The number of halogens is 1. The van der Waals surface area contributed by atoms with Gasteiger partial charge in [-0.25, -0.2) is 14.2 Å². The zero-order valence-electron chi connectivity index (χ0n) is 5.82. The van der Waals surface area contributed by atoms with Crippen molar-refractivity contribution in [1.29, 1.82) is 0 Å². The molecule has 0 saturated carbocycles. The largest absolute Gasteiger partial charge is 0.475 e. The summed E-state index contributed by atoms with van der Waals surface area (Å²) in [6, 6.07) is 2.25. The van der Waals surface area contributed by atoms with Gasteiger partial charge in [-0.1, -0.05) is 0 Å². The van der Waals surface area contributed by atoms with E-state index in [0.717, 1.165) is 12.3 Å². The van der Waals surface area contributed by atoms with Crippen LogP contribution in [0.5, 0.6) is 0 Å². The first-order chi connectivity index (χ1) is 5.63. The summed E-state index contributed by atoms with van der Waals surface area (Å²) < 4.78 is 12.7. The van der Waals surface area contributed by atoms with Crippen LogP contribution in [0.25, 0.3) is 0 Å². The molecule has 0 aliphatic rings. The number of aliphatic carboxylic acids is 1. The van der Waals surface area contributed by atoms with Crippen molar-refractivity contribution >= 4 is 11.8 Å². The van der Waals surface area contributed by atoms with E-state index in [4.69, 9.17) is 5.11 Å². The third-order valence-electron chi connectivity index (χ3n) is 1.17. The number of carbonyl (C=O) groups excluding carboxylic acids is 1. The fourth-order valence-corrected chi connectivity index (χ4v) is 0.654. The Kier molecular flexibility index (Phi) is 2.14. The summed E-state index contributed by atoms with van der Waals surface area (Å²) in [6.07, 6.45) is 1.15. The number of hydrogen-bond acceptors (Lipinski definition) is 3. The zero-order chi connectivity index (χ0) is 9.14. The minimum atomic E-state index is -1.72. The first-order valence-electron chi connectivity index (χ1n) is 3.01. The number of rotatable bonds is 2. The third-order valence-corrected chi connectivity index (χ3v) is 1.17. The van der Waals surface area contributed by atoms with Gasteiger partial charge >= 0.3 is 5.97 Å². The first kappa shape index (κ1) is 8.32. The van der Waals surface area contributed by atoms with E-state index in [1.54, 1.807) is 0 Å². The molecule has 0 amide bonds. The van der Waals surface area contributed by atoms with Gasteiger partial charge in [-0.05, 0) is 12.1 Å². The SMILES string of the molecule is O=C(O)C(=O)c1ncccc1F. The molecule has 5 heteroatoms. The number of hydrogen-bond donors (Lipinski definition) is 1. The molecule has 0 fully saturated rings. The van der Waals surface area contributed by atoms with E-state index in [-0.39, 0.29) is 0 Å². The van der Waals surface area contributed by atoms with Crippen LogP contribution in [0.4, 0.5) is 4.39 Å². The highest BCUT2D eigenvalue weighted by atomic mass is 19.1. The Hall–Kier alpha value is -1.78. The van der Waals surface area contributed by atoms with Gasteiger partial charge in [0.1, 0.15) is 0 Å². The number of Topliss-reactive ketones (excluding diaryl/α,β-unsaturated/α-hetero) is 1. The molecule has 0 radical (unpaired) electrons. The molecule has 0 bridgehead atoms. The summed E-state index contributed by atoms with van der Waals surface area (Å²) in [6.45, 7) is 0. The summed E-state index contributed by atoms with van der Waals surface area (Å²) in [7, 11) is 0. The lowest BCUT2D eigenvalue weighted by atomic mass is 10.2. The molecule has 1 heterocycles. The standard InChI is InChI=1S/C7H4FNO3/c8-4-2-1-3-9-5(4)6(10)7(11)12/h1-3H,(H,11,12). The highest BCUT2D eigenvalue weighted by Gasteiger charge is 2.19. The van der Waals surface area contributed by atoms with E-state index >= 15 is 0 Å². The van der Waals surface area contributed by atoms with E-state index in [1.165, 1.54) is 6.07 Å². The van der Waals surface area contributed by atoms with Crippen LogP contribution in [0.3, 0.4) is 0 Å². The van der Waals surface area contributed by atoms with Gasteiger partial charge in [-0.15, -0.1) is 0 Å². The molecule has 1 aromatic rings. The Labute approximate surface area is 66.7 Å². The van der Waals surface area contributed by atoms with Gasteiger partial charge in [-0.3, -0.25) is 4.79 Å². The summed E-state index contributed by atoms with van der Waals surface area (Å²) in [5.74, 6) is -3.98. The second kappa shape index (κ2) is 3.08. The quantitative estimate of drug-likeness (QED) is 0.516. The highest BCUT2D eigenvalue weighted by molar-refractivity contribution is 6.39. The summed E-state index contributed by atoms with van der Waals surface area (Å²) in [5, 5.41) is 8.20. The van der Waals surface area contributed by atoms with Gasteiger partial charge in [0.2, 0.25) is 0 Å². The van der Waals surface area contributed by atoms with Crippen LogP contribution < -0.4 is 0 Å². The number of ketones is 1. The van der Waals surface area contributed by atoms with Gasteiger partial charge in [0, 0.05) is 6.20 Å². The number of pyridine rings is 1. The Bertz CT molecular complexity index is 337. The molecule has 1 N–H and O–H groups in total. The molecule has 4 nitrogen and oxygen atoms in total. The molecule has 0 aliphatic carbocycles. The highest BCUT2D eigenvalue weighted by Crippen LogP contribution is 2.02. The van der Waals surface area contributed by atoms with Crippen LogP contribution in [0.15, 0.2) is 18.3 Å². The number of carbonyl (C=O) groups is 2. The molecule has 62 valence electrons. The molecule has 0 unspecified atom stereocenters. The van der Waals surface area contributed by atoms with Crippen LogP contribution in [0, 0.1) is 5.82 Å². The number of aromatic nitrogens is 1. The van der Waals surface area contributed by atoms with Crippen molar-refractivity contribution in [3.05, 3.63) is 29.8 Å². The van der Waals surface area contributed by atoms with Crippen LogP contribution in [0.1, 0.15) is 10.5 Å². The number of nitrogens with zero attached hydrogens (tertiary/aromatic N) is 1. The fraction of sp³-hybridized carbons (Fsp3) is 0. The Morgan fingerprint density at radius 1 is 1.50 bits per heavy atom. The van der Waals surface area contributed by atoms with Gasteiger partial charge in [0.05, 0.1) is 0 Å². The molecular formula is C7H4FNO3. The molecule has 12 heavy (non-hydrogen) atoms. The zero-order valence-corrected chi connectivity index (χ0v) is 5.82. The Balaban J connectivity index is 3.11. The van der Waals surface area contributed by atoms with Crippen molar-refractivity contribution in [2.75, 3.05) is 0 Å². The van der Waals surface area contributed by atoms with Crippen LogP contribution in [-0.4, -0.2) is 21.8 Å². The monoisotopic (exact) mass is 169 g/mol. The van der Waals surface area contributed by atoms with Crippen LogP contribution >= 0.6 is 0 Å². The van der Waals surface area contributed by atoms with Crippen molar-refractivity contribution in [3.63, 3.8) is 0 Å². The van der Waals surface area contributed by atoms with Crippen molar-refractivity contribution < 1.29 is 19.1 Å². The van der Waals surface area contributed by atoms with Gasteiger partial charge in [0.15, 0.2) is 11.5 Å². The fourth-order valence-electron chi connectivity index (χ4n) is 0.654. The molecule has 0 spiro atoms. The minimum Gasteiger partial charge on any atom is -0.475 e. The normalized spacial score (nSPS) is 9.42. The maximum atomic E-state index is 12.7. The maximum Gasteiger partial charge on any atom is 0.379 e. The van der Waals surface area contributed by atoms with Gasteiger partial charge in [-0.2, -0.15) is 0 Å². The van der Waals surface area contributed by atoms with Crippen molar-refractivity contribution in [2.24, 2.45) is 0 Å². The second-order valence-electron chi connectivity index (χ2n) is 1.97. The predicted molar refractivity (Wildman–Crippen MR) is 36.2 cm³/mol. The number of carboxylic acids is 1. The molecule has 0 aliphatic heterocycles. The molecule has 0 atom stereocenters. The molecule has 1 aromatic heterocycles. The summed E-state index contributed by atoms with van der Waals surface area (Å²) >= 11 is 0. The summed E-state index contributed by atoms with van der Waals surface area (Å²) in [4.78, 5) is 24.1. The van der Waals surface area contributed by atoms with E-state index in [2.05, 4.69) is 4.98 Å². The molecular weight excluding hydrogens is 165 g/mol. The minimum absolute atomic E-state index is 0.662.